The Bertz CT molecular complexity index is 1050. The largest absolute Gasteiger partial charge is 0.508 e. The molecule has 0 saturated heterocycles. The van der Waals surface area contributed by atoms with Gasteiger partial charge in [0.05, 0.1) is 16.1 Å². The van der Waals surface area contributed by atoms with E-state index in [1.54, 1.807) is 6.07 Å². The van der Waals surface area contributed by atoms with Gasteiger partial charge >= 0.3 is 6.18 Å². The molecule has 158 valence electrons. The van der Waals surface area contributed by atoms with E-state index in [2.05, 4.69) is 20.6 Å². The number of aliphatic hydroxyl groups is 1. The van der Waals surface area contributed by atoms with Gasteiger partial charge in [0.15, 0.2) is 0 Å². The molecule has 0 fully saturated rings. The first-order valence-electron chi connectivity index (χ1n) is 8.50. The highest BCUT2D eigenvalue weighted by Gasteiger charge is 2.35. The fourth-order valence-electron chi connectivity index (χ4n) is 2.53. The molecule has 1 unspecified atom stereocenters. The summed E-state index contributed by atoms with van der Waals surface area (Å²) in [4.78, 5) is 7.58. The van der Waals surface area contributed by atoms with Crippen LogP contribution < -0.4 is 10.6 Å². The summed E-state index contributed by atoms with van der Waals surface area (Å²) in [5, 5.41) is 25.5. The first-order valence-corrected chi connectivity index (χ1v) is 9.26. The Kier molecular flexibility index (Phi) is 6.55. The molecule has 0 radical (unpaired) electrons. The maximum atomic E-state index is 13.3. The zero-order chi connectivity index (χ0) is 21.9. The van der Waals surface area contributed by atoms with E-state index in [1.807, 2.05) is 0 Å². The van der Waals surface area contributed by atoms with Crippen LogP contribution in [-0.2, 0) is 6.18 Å². The zero-order valence-corrected chi connectivity index (χ0v) is 16.6. The van der Waals surface area contributed by atoms with Crippen molar-refractivity contribution in [1.82, 2.24) is 9.97 Å². The topological polar surface area (TPSA) is 90.3 Å². The molecule has 0 amide bonds. The summed E-state index contributed by atoms with van der Waals surface area (Å²) in [5.74, 6) is -0.701. The van der Waals surface area contributed by atoms with Crippen molar-refractivity contribution in [3.8, 4) is 5.75 Å². The molecule has 6 nitrogen and oxygen atoms in total. The number of nitrogens with one attached hydrogen (secondary N) is 2. The average molecular weight is 459 g/mol. The molecule has 1 atom stereocenters. The quantitative estimate of drug-likeness (QED) is 0.395. The van der Waals surface area contributed by atoms with Crippen LogP contribution in [0.15, 0.2) is 48.7 Å². The van der Waals surface area contributed by atoms with Gasteiger partial charge in [-0.1, -0.05) is 35.3 Å². The Balaban J connectivity index is 1.83. The van der Waals surface area contributed by atoms with E-state index in [0.29, 0.717) is 22.5 Å². The number of aromatic nitrogens is 2. The molecule has 0 spiro atoms. The summed E-state index contributed by atoms with van der Waals surface area (Å²) < 4.78 is 40.0. The minimum atomic E-state index is -4.71. The van der Waals surface area contributed by atoms with Gasteiger partial charge in [-0.2, -0.15) is 18.2 Å². The van der Waals surface area contributed by atoms with Crippen molar-refractivity contribution in [2.45, 2.75) is 12.3 Å². The van der Waals surface area contributed by atoms with E-state index in [9.17, 15) is 23.4 Å². The third-order valence-electron chi connectivity index (χ3n) is 3.99. The number of phenolic OH excluding ortho intramolecular Hbond substituents is 1. The Morgan fingerprint density at radius 2 is 1.83 bits per heavy atom. The lowest BCUT2D eigenvalue weighted by Crippen LogP contribution is -2.18. The van der Waals surface area contributed by atoms with Crippen LogP contribution in [0.5, 0.6) is 5.75 Å². The van der Waals surface area contributed by atoms with Crippen molar-refractivity contribution in [1.29, 1.82) is 0 Å². The Morgan fingerprint density at radius 1 is 1.07 bits per heavy atom. The Morgan fingerprint density at radius 3 is 2.50 bits per heavy atom. The van der Waals surface area contributed by atoms with Gasteiger partial charge in [-0.15, -0.1) is 0 Å². The summed E-state index contributed by atoms with van der Waals surface area (Å²) in [6, 6.07) is 10.3. The van der Waals surface area contributed by atoms with Crippen LogP contribution in [-0.4, -0.2) is 26.7 Å². The molecule has 11 heteroatoms. The number of nitrogens with zero attached hydrogens (tertiary/aromatic N) is 2. The molecule has 2 aromatic carbocycles. The molecule has 1 aromatic heterocycles. The highest BCUT2D eigenvalue weighted by molar-refractivity contribution is 6.42. The highest BCUT2D eigenvalue weighted by Crippen LogP contribution is 2.35. The van der Waals surface area contributed by atoms with Gasteiger partial charge in [-0.3, -0.25) is 0 Å². The predicted molar refractivity (Wildman–Crippen MR) is 108 cm³/mol. The lowest BCUT2D eigenvalue weighted by Gasteiger charge is -2.17. The number of aromatic hydroxyl groups is 1. The second-order valence-electron chi connectivity index (χ2n) is 6.20. The molecule has 1 heterocycles. The normalized spacial score (nSPS) is 12.5. The Hall–Kier alpha value is -2.75. The number of hydrogen-bond donors (Lipinski definition) is 4. The number of benzene rings is 2. The molecule has 4 N–H and O–H groups in total. The second kappa shape index (κ2) is 8.95. The van der Waals surface area contributed by atoms with Crippen LogP contribution in [0.4, 0.5) is 30.6 Å². The van der Waals surface area contributed by atoms with Crippen molar-refractivity contribution < 1.29 is 23.4 Å². The third-order valence-corrected chi connectivity index (χ3v) is 4.73. The van der Waals surface area contributed by atoms with Crippen LogP contribution >= 0.6 is 23.2 Å². The van der Waals surface area contributed by atoms with Crippen LogP contribution in [0, 0.1) is 0 Å². The first kappa shape index (κ1) is 21.9. The monoisotopic (exact) mass is 458 g/mol. The van der Waals surface area contributed by atoms with Gasteiger partial charge in [0.2, 0.25) is 5.95 Å². The smallest absolute Gasteiger partial charge is 0.421 e. The number of hydrogen-bond acceptors (Lipinski definition) is 6. The zero-order valence-electron chi connectivity index (χ0n) is 15.1. The molecule has 0 aliphatic heterocycles. The second-order valence-corrected chi connectivity index (χ2v) is 7.01. The molecule has 0 aliphatic carbocycles. The van der Waals surface area contributed by atoms with Crippen molar-refractivity contribution in [2.24, 2.45) is 0 Å². The lowest BCUT2D eigenvalue weighted by molar-refractivity contribution is -0.137. The summed E-state index contributed by atoms with van der Waals surface area (Å²) in [5.41, 5.74) is -0.334. The SMILES string of the molecule is Oc1cccc(C(O)CNc2nc(Nc3ccc(Cl)c(Cl)c3)ncc2C(F)(F)F)c1. The fraction of sp³-hybridized carbons (Fsp3) is 0.158. The van der Waals surface area contributed by atoms with E-state index in [1.165, 1.54) is 36.4 Å². The lowest BCUT2D eigenvalue weighted by atomic mass is 10.1. The van der Waals surface area contributed by atoms with Gasteiger partial charge in [-0.05, 0) is 35.9 Å². The molecular formula is C19H15Cl2F3N4O2. The van der Waals surface area contributed by atoms with E-state index in [0.717, 1.165) is 0 Å². The maximum Gasteiger partial charge on any atom is 0.421 e. The number of rotatable bonds is 6. The van der Waals surface area contributed by atoms with Crippen LogP contribution in [0.2, 0.25) is 10.0 Å². The predicted octanol–water partition coefficient (Wildman–Crippen LogP) is 5.40. The number of anilines is 3. The van der Waals surface area contributed by atoms with Crippen molar-refractivity contribution in [2.75, 3.05) is 17.2 Å². The maximum absolute atomic E-state index is 13.3. The summed E-state index contributed by atoms with van der Waals surface area (Å²) in [6.07, 6.45) is -5.25. The number of halogens is 5. The number of phenols is 1. The van der Waals surface area contributed by atoms with Crippen LogP contribution in [0.3, 0.4) is 0 Å². The van der Waals surface area contributed by atoms with E-state index < -0.39 is 23.7 Å². The van der Waals surface area contributed by atoms with Crippen molar-refractivity contribution >= 4 is 40.7 Å². The summed E-state index contributed by atoms with van der Waals surface area (Å²) in [7, 11) is 0. The third kappa shape index (κ3) is 5.44. The minimum absolute atomic E-state index is 0.0716. The van der Waals surface area contributed by atoms with Gasteiger partial charge in [0, 0.05) is 18.4 Å². The van der Waals surface area contributed by atoms with Gasteiger partial charge in [0.25, 0.3) is 0 Å². The standard InChI is InChI=1S/C19H15Cl2F3N4O2/c20-14-5-4-11(7-15(14)21)27-18-26-8-13(19(22,23)24)17(28-18)25-9-16(30)10-2-1-3-12(29)6-10/h1-8,16,29-30H,9H2,(H2,25,26,27,28). The average Bonchev–Trinajstić information content (AvgIpc) is 2.68. The Labute approximate surface area is 179 Å². The minimum Gasteiger partial charge on any atom is -0.508 e. The molecular weight excluding hydrogens is 444 g/mol. The van der Waals surface area contributed by atoms with Gasteiger partial charge in [-0.25, -0.2) is 4.98 Å². The van der Waals surface area contributed by atoms with Crippen molar-refractivity contribution in [3.05, 3.63) is 69.8 Å². The first-order chi connectivity index (χ1) is 14.1. The molecule has 0 bridgehead atoms. The fourth-order valence-corrected chi connectivity index (χ4v) is 2.83. The molecule has 0 aliphatic rings. The van der Waals surface area contributed by atoms with E-state index in [4.69, 9.17) is 23.2 Å². The van der Waals surface area contributed by atoms with Crippen LogP contribution in [0.1, 0.15) is 17.2 Å². The molecule has 0 saturated carbocycles. The highest BCUT2D eigenvalue weighted by atomic mass is 35.5. The molecule has 3 rings (SSSR count). The molecule has 3 aromatic rings. The van der Waals surface area contributed by atoms with E-state index >= 15 is 0 Å². The van der Waals surface area contributed by atoms with E-state index in [-0.39, 0.29) is 23.3 Å². The molecule has 30 heavy (non-hydrogen) atoms. The summed E-state index contributed by atoms with van der Waals surface area (Å²) in [6.45, 7) is -0.282. The van der Waals surface area contributed by atoms with Crippen molar-refractivity contribution in [3.63, 3.8) is 0 Å². The van der Waals surface area contributed by atoms with Gasteiger partial charge < -0.3 is 20.8 Å². The van der Waals surface area contributed by atoms with Crippen LogP contribution in [0.25, 0.3) is 0 Å². The van der Waals surface area contributed by atoms with Gasteiger partial charge in [0.1, 0.15) is 17.1 Å². The number of aliphatic hydroxyl groups excluding tert-OH is 1. The number of alkyl halides is 3. The summed E-state index contributed by atoms with van der Waals surface area (Å²) >= 11 is 11.8.